The number of rotatable bonds is 2. The molecule has 42 valence electrons. The van der Waals surface area contributed by atoms with Crippen molar-refractivity contribution in [2.45, 2.75) is 19.9 Å². The van der Waals surface area contributed by atoms with Gasteiger partial charge in [0.25, 0.3) is 0 Å². The molecule has 0 unspecified atom stereocenters. The molecule has 0 heterocycles. The van der Waals surface area contributed by atoms with E-state index in [9.17, 15) is 0 Å². The Balaban J connectivity index is 3.17. The van der Waals surface area contributed by atoms with Crippen molar-refractivity contribution in [1.29, 1.82) is 0 Å². The van der Waals surface area contributed by atoms with Crippen molar-refractivity contribution in [1.82, 2.24) is 0 Å². The third-order valence-electron chi connectivity index (χ3n) is 0.982. The summed E-state index contributed by atoms with van der Waals surface area (Å²) in [6.07, 6.45) is 2.12. The lowest BCUT2D eigenvalue weighted by Gasteiger charge is -1.88. The SMILES string of the molecule is CC=C(C)C[SiH2]Cl. The van der Waals surface area contributed by atoms with Crippen LogP contribution in [0.2, 0.25) is 6.04 Å². The quantitative estimate of drug-likeness (QED) is 0.307. The van der Waals surface area contributed by atoms with Gasteiger partial charge in [-0.3, -0.25) is 0 Å². The molecule has 0 saturated carbocycles. The lowest BCUT2D eigenvalue weighted by Crippen LogP contribution is -1.77. The van der Waals surface area contributed by atoms with Gasteiger partial charge < -0.3 is 0 Å². The third kappa shape index (κ3) is 4.09. The highest BCUT2D eigenvalue weighted by molar-refractivity contribution is 6.93. The molecule has 0 aromatic carbocycles. The molecule has 0 saturated heterocycles. The van der Waals surface area contributed by atoms with Crippen LogP contribution in [0.3, 0.4) is 0 Å². The monoisotopic (exact) mass is 134 g/mol. The fraction of sp³-hybridized carbons (Fsp3) is 0.600. The molecule has 0 atom stereocenters. The van der Waals surface area contributed by atoms with Crippen LogP contribution in [0.25, 0.3) is 0 Å². The van der Waals surface area contributed by atoms with E-state index in [0.717, 1.165) is 6.04 Å². The maximum Gasteiger partial charge on any atom is 0.129 e. The van der Waals surface area contributed by atoms with Gasteiger partial charge in [0.1, 0.15) is 8.83 Å². The Hall–Kier alpha value is 0.247. The van der Waals surface area contributed by atoms with Crippen LogP contribution in [0.4, 0.5) is 0 Å². The average molecular weight is 135 g/mol. The van der Waals surface area contributed by atoms with Crippen LogP contribution in [0.5, 0.6) is 0 Å². The maximum atomic E-state index is 5.57. The highest BCUT2D eigenvalue weighted by atomic mass is 35.6. The summed E-state index contributed by atoms with van der Waals surface area (Å²) in [6.45, 7) is 4.17. The fourth-order valence-electron chi connectivity index (χ4n) is 0.293. The van der Waals surface area contributed by atoms with Gasteiger partial charge in [-0.25, -0.2) is 0 Å². The highest BCUT2D eigenvalue weighted by Gasteiger charge is 1.82. The predicted octanol–water partition coefficient (Wildman–Crippen LogP) is 1.69. The molecule has 0 fully saturated rings. The summed E-state index contributed by atoms with van der Waals surface area (Å²) in [6, 6.07) is 1.16. The summed E-state index contributed by atoms with van der Waals surface area (Å²) in [4.78, 5) is 0. The zero-order chi connectivity index (χ0) is 5.70. The van der Waals surface area contributed by atoms with E-state index in [-0.39, 0.29) is 8.83 Å². The Morgan fingerprint density at radius 1 is 1.86 bits per heavy atom. The van der Waals surface area contributed by atoms with Gasteiger partial charge in [-0.2, -0.15) is 11.1 Å². The van der Waals surface area contributed by atoms with E-state index in [0.29, 0.717) is 0 Å². The minimum Gasteiger partial charge on any atom is -0.176 e. The highest BCUT2D eigenvalue weighted by Crippen LogP contribution is 1.98. The second-order valence-corrected chi connectivity index (χ2v) is 3.59. The van der Waals surface area contributed by atoms with Gasteiger partial charge in [0, 0.05) is 0 Å². The number of hydrogen-bond acceptors (Lipinski definition) is 0. The van der Waals surface area contributed by atoms with Crippen LogP contribution in [0, 0.1) is 0 Å². The first-order valence-corrected chi connectivity index (χ1v) is 5.62. The van der Waals surface area contributed by atoms with Gasteiger partial charge in [-0.05, 0) is 19.9 Å². The van der Waals surface area contributed by atoms with Gasteiger partial charge in [0.2, 0.25) is 0 Å². The van der Waals surface area contributed by atoms with Crippen LogP contribution < -0.4 is 0 Å². The molecule has 0 aliphatic rings. The van der Waals surface area contributed by atoms with E-state index in [1.165, 1.54) is 5.57 Å². The minimum atomic E-state index is -0.241. The molecule has 0 rings (SSSR count). The summed E-state index contributed by atoms with van der Waals surface area (Å²) in [5, 5.41) is 0. The largest absolute Gasteiger partial charge is 0.176 e. The summed E-state index contributed by atoms with van der Waals surface area (Å²) < 4.78 is 0. The molecule has 0 bridgehead atoms. The van der Waals surface area contributed by atoms with E-state index >= 15 is 0 Å². The summed E-state index contributed by atoms with van der Waals surface area (Å²) in [7, 11) is -0.241. The van der Waals surface area contributed by atoms with E-state index in [2.05, 4.69) is 19.9 Å². The second kappa shape index (κ2) is 4.41. The molecule has 0 radical (unpaired) electrons. The maximum absolute atomic E-state index is 5.57. The first kappa shape index (κ1) is 7.25. The van der Waals surface area contributed by atoms with Crippen molar-refractivity contribution in [2.24, 2.45) is 0 Å². The van der Waals surface area contributed by atoms with Crippen molar-refractivity contribution in [3.05, 3.63) is 11.6 Å². The van der Waals surface area contributed by atoms with Gasteiger partial charge in [-0.15, -0.1) is 0 Å². The molecule has 0 aliphatic carbocycles. The molecule has 0 nitrogen and oxygen atoms in total. The Morgan fingerprint density at radius 3 is 2.57 bits per heavy atom. The number of allylic oxidation sites excluding steroid dienone is 2. The zero-order valence-electron chi connectivity index (χ0n) is 4.87. The average Bonchev–Trinajstić information content (AvgIpc) is 1.68. The normalized spacial score (nSPS) is 13.9. The van der Waals surface area contributed by atoms with Crippen molar-refractivity contribution >= 4 is 19.9 Å². The van der Waals surface area contributed by atoms with E-state index in [1.54, 1.807) is 0 Å². The van der Waals surface area contributed by atoms with Gasteiger partial charge in [0.15, 0.2) is 0 Å². The fourth-order valence-corrected chi connectivity index (χ4v) is 1.77. The van der Waals surface area contributed by atoms with Crippen molar-refractivity contribution in [3.63, 3.8) is 0 Å². The molecule has 0 aliphatic heterocycles. The lowest BCUT2D eigenvalue weighted by molar-refractivity contribution is 1.35. The summed E-state index contributed by atoms with van der Waals surface area (Å²) in [5.74, 6) is 0. The summed E-state index contributed by atoms with van der Waals surface area (Å²) >= 11 is 5.57. The zero-order valence-corrected chi connectivity index (χ0v) is 7.04. The molecule has 0 N–H and O–H groups in total. The van der Waals surface area contributed by atoms with E-state index in [1.807, 2.05) is 0 Å². The van der Waals surface area contributed by atoms with Gasteiger partial charge in [-0.1, -0.05) is 11.6 Å². The topological polar surface area (TPSA) is 0 Å². The summed E-state index contributed by atoms with van der Waals surface area (Å²) in [5.41, 5.74) is 1.43. The Labute approximate surface area is 52.1 Å². The molecule has 0 amide bonds. The molecule has 2 heteroatoms. The van der Waals surface area contributed by atoms with E-state index < -0.39 is 0 Å². The number of halogens is 1. The minimum absolute atomic E-state index is 0.241. The van der Waals surface area contributed by atoms with Crippen LogP contribution in [-0.2, 0) is 0 Å². The van der Waals surface area contributed by atoms with Gasteiger partial charge in [0.05, 0.1) is 0 Å². The Kier molecular flexibility index (Phi) is 4.56. The van der Waals surface area contributed by atoms with E-state index in [4.69, 9.17) is 11.1 Å². The van der Waals surface area contributed by atoms with Crippen molar-refractivity contribution in [3.8, 4) is 0 Å². The number of hydrogen-bond donors (Lipinski definition) is 0. The van der Waals surface area contributed by atoms with Crippen LogP contribution in [0.1, 0.15) is 13.8 Å². The molecule has 0 spiro atoms. The Bertz CT molecular complexity index is 68.5. The molecular weight excluding hydrogens is 124 g/mol. The molecule has 0 aromatic rings. The van der Waals surface area contributed by atoms with Crippen molar-refractivity contribution < 1.29 is 0 Å². The van der Waals surface area contributed by atoms with Crippen LogP contribution in [0.15, 0.2) is 11.6 Å². The molecular formula is C5H11ClSi. The molecule has 0 aromatic heterocycles. The van der Waals surface area contributed by atoms with Gasteiger partial charge >= 0.3 is 0 Å². The van der Waals surface area contributed by atoms with Crippen LogP contribution >= 0.6 is 11.1 Å². The lowest BCUT2D eigenvalue weighted by atomic mass is 10.3. The smallest absolute Gasteiger partial charge is 0.129 e. The standard InChI is InChI=1S/C5H11ClSi/c1-3-5(2)4-7-6/h3H,4,7H2,1-2H3. The predicted molar refractivity (Wildman–Crippen MR) is 38.6 cm³/mol. The third-order valence-corrected chi connectivity index (χ3v) is 2.53. The first-order valence-electron chi connectivity index (χ1n) is 2.49. The first-order chi connectivity index (χ1) is 3.31. The van der Waals surface area contributed by atoms with Crippen LogP contribution in [-0.4, -0.2) is 8.83 Å². The molecule has 7 heavy (non-hydrogen) atoms. The Morgan fingerprint density at radius 2 is 2.43 bits per heavy atom. The van der Waals surface area contributed by atoms with Crippen molar-refractivity contribution in [2.75, 3.05) is 0 Å². The second-order valence-electron chi connectivity index (χ2n) is 1.57.